The van der Waals surface area contributed by atoms with Crippen molar-refractivity contribution in [3.8, 4) is 0 Å². The molecule has 142 valence electrons. The first-order chi connectivity index (χ1) is 12.8. The molecule has 3 rings (SSSR count). The molecule has 5 nitrogen and oxygen atoms in total. The van der Waals surface area contributed by atoms with Crippen LogP contribution in [0.5, 0.6) is 0 Å². The number of alkyl halides is 3. The number of H-pyrrole nitrogens is 1. The Kier molecular flexibility index (Phi) is 5.34. The van der Waals surface area contributed by atoms with Gasteiger partial charge in [0.05, 0.1) is 22.6 Å². The van der Waals surface area contributed by atoms with Crippen LogP contribution < -0.4 is 10.6 Å². The molecular formula is C19H19F3N4O. The average molecular weight is 376 g/mol. The van der Waals surface area contributed by atoms with E-state index in [-0.39, 0.29) is 5.91 Å². The van der Waals surface area contributed by atoms with Crippen molar-refractivity contribution in [2.75, 3.05) is 11.9 Å². The summed E-state index contributed by atoms with van der Waals surface area (Å²) in [7, 11) is 0. The molecule has 1 atom stereocenters. The van der Waals surface area contributed by atoms with Crippen LogP contribution in [0.4, 0.5) is 19.1 Å². The Morgan fingerprint density at radius 2 is 1.96 bits per heavy atom. The molecule has 1 heterocycles. The van der Waals surface area contributed by atoms with Gasteiger partial charge in [-0.05, 0) is 36.2 Å². The number of rotatable bonds is 6. The highest BCUT2D eigenvalue weighted by molar-refractivity contribution is 5.77. The number of benzene rings is 2. The van der Waals surface area contributed by atoms with E-state index >= 15 is 0 Å². The third kappa shape index (κ3) is 4.78. The Labute approximate surface area is 154 Å². The van der Waals surface area contributed by atoms with E-state index in [0.717, 1.165) is 23.2 Å². The van der Waals surface area contributed by atoms with Crippen LogP contribution in [-0.2, 0) is 11.0 Å². The first-order valence-corrected chi connectivity index (χ1v) is 8.46. The number of hydrogen-bond donors (Lipinski definition) is 3. The SMILES string of the molecule is CC(=O)NCCC(Nc1nc2ccccc2[nH]1)c1cccc(C(F)(F)F)c1. The number of fused-ring (bicyclic) bond motifs is 1. The maximum atomic E-state index is 13.1. The quantitative estimate of drug-likeness (QED) is 0.602. The van der Waals surface area contributed by atoms with Gasteiger partial charge >= 0.3 is 6.18 Å². The van der Waals surface area contributed by atoms with Gasteiger partial charge in [0.2, 0.25) is 11.9 Å². The lowest BCUT2D eigenvalue weighted by Crippen LogP contribution is -2.25. The summed E-state index contributed by atoms with van der Waals surface area (Å²) >= 11 is 0. The predicted molar refractivity (Wildman–Crippen MR) is 97.2 cm³/mol. The Morgan fingerprint density at radius 3 is 2.67 bits per heavy atom. The highest BCUT2D eigenvalue weighted by Gasteiger charge is 2.31. The summed E-state index contributed by atoms with van der Waals surface area (Å²) in [6.07, 6.45) is -4.02. The van der Waals surface area contributed by atoms with E-state index < -0.39 is 17.8 Å². The Balaban J connectivity index is 1.87. The molecule has 3 N–H and O–H groups in total. The summed E-state index contributed by atoms with van der Waals surface area (Å²) in [5.74, 6) is 0.267. The van der Waals surface area contributed by atoms with Gasteiger partial charge in [-0.25, -0.2) is 4.98 Å². The van der Waals surface area contributed by atoms with Crippen LogP contribution in [0.25, 0.3) is 11.0 Å². The minimum atomic E-state index is -4.42. The van der Waals surface area contributed by atoms with Crippen LogP contribution in [0, 0.1) is 0 Å². The van der Waals surface area contributed by atoms with Crippen LogP contribution in [0.1, 0.15) is 30.5 Å². The normalized spacial score (nSPS) is 12.7. The number of aromatic amines is 1. The molecule has 0 aliphatic heterocycles. The Morgan fingerprint density at radius 1 is 1.19 bits per heavy atom. The molecule has 0 bridgehead atoms. The number of nitrogens with zero attached hydrogens (tertiary/aromatic N) is 1. The fourth-order valence-corrected chi connectivity index (χ4v) is 2.83. The molecule has 0 aliphatic rings. The van der Waals surface area contributed by atoms with E-state index in [0.29, 0.717) is 24.5 Å². The van der Waals surface area contributed by atoms with Crippen molar-refractivity contribution in [3.05, 3.63) is 59.7 Å². The topological polar surface area (TPSA) is 69.8 Å². The zero-order valence-electron chi connectivity index (χ0n) is 14.6. The summed E-state index contributed by atoms with van der Waals surface area (Å²) in [5.41, 5.74) is 1.33. The number of halogens is 3. The number of nitrogens with one attached hydrogen (secondary N) is 3. The van der Waals surface area contributed by atoms with Gasteiger partial charge in [-0.15, -0.1) is 0 Å². The van der Waals surface area contributed by atoms with E-state index in [1.165, 1.54) is 13.0 Å². The molecule has 3 aromatic rings. The van der Waals surface area contributed by atoms with E-state index in [1.807, 2.05) is 24.3 Å². The van der Waals surface area contributed by atoms with Crippen LogP contribution >= 0.6 is 0 Å². The maximum absolute atomic E-state index is 13.1. The van der Waals surface area contributed by atoms with E-state index in [1.54, 1.807) is 6.07 Å². The van der Waals surface area contributed by atoms with Gasteiger partial charge in [-0.3, -0.25) is 4.79 Å². The molecule has 1 unspecified atom stereocenters. The second-order valence-electron chi connectivity index (χ2n) is 6.19. The Hall–Kier alpha value is -3.03. The summed E-state index contributed by atoms with van der Waals surface area (Å²) in [5, 5.41) is 5.82. The number of para-hydroxylation sites is 2. The van der Waals surface area contributed by atoms with Gasteiger partial charge in [0, 0.05) is 13.5 Å². The molecule has 0 spiro atoms. The van der Waals surface area contributed by atoms with Crippen molar-refractivity contribution in [1.29, 1.82) is 0 Å². The highest BCUT2D eigenvalue weighted by Crippen LogP contribution is 2.32. The van der Waals surface area contributed by atoms with Crippen molar-refractivity contribution >= 4 is 22.9 Å². The zero-order valence-corrected chi connectivity index (χ0v) is 14.6. The molecule has 0 saturated carbocycles. The third-order valence-corrected chi connectivity index (χ3v) is 4.12. The fourth-order valence-electron chi connectivity index (χ4n) is 2.83. The van der Waals surface area contributed by atoms with Gasteiger partial charge in [-0.1, -0.05) is 24.3 Å². The lowest BCUT2D eigenvalue weighted by molar-refractivity contribution is -0.137. The summed E-state index contributed by atoms with van der Waals surface area (Å²) in [6, 6.07) is 12.1. The summed E-state index contributed by atoms with van der Waals surface area (Å²) < 4.78 is 39.2. The lowest BCUT2D eigenvalue weighted by Gasteiger charge is -2.20. The average Bonchev–Trinajstić information content (AvgIpc) is 3.02. The van der Waals surface area contributed by atoms with E-state index in [9.17, 15) is 18.0 Å². The van der Waals surface area contributed by atoms with Gasteiger partial charge in [0.1, 0.15) is 0 Å². The first kappa shape index (κ1) is 18.8. The monoisotopic (exact) mass is 376 g/mol. The number of aromatic nitrogens is 2. The van der Waals surface area contributed by atoms with E-state index in [4.69, 9.17) is 0 Å². The molecule has 1 amide bonds. The molecule has 27 heavy (non-hydrogen) atoms. The lowest BCUT2D eigenvalue weighted by atomic mass is 10.0. The van der Waals surface area contributed by atoms with Crippen LogP contribution in [0.2, 0.25) is 0 Å². The second-order valence-corrected chi connectivity index (χ2v) is 6.19. The number of amides is 1. The standard InChI is InChI=1S/C19H19F3N4O/c1-12(27)23-10-9-15(13-5-4-6-14(11-13)19(20,21)22)24-18-25-16-7-2-3-8-17(16)26-18/h2-8,11,15H,9-10H2,1H3,(H,23,27)(H2,24,25,26). The van der Waals surface area contributed by atoms with Gasteiger partial charge in [-0.2, -0.15) is 13.2 Å². The largest absolute Gasteiger partial charge is 0.416 e. The molecule has 2 aromatic carbocycles. The van der Waals surface area contributed by atoms with Gasteiger partial charge in [0.25, 0.3) is 0 Å². The van der Waals surface area contributed by atoms with Crippen LogP contribution in [-0.4, -0.2) is 22.4 Å². The van der Waals surface area contributed by atoms with Gasteiger partial charge < -0.3 is 15.6 Å². The zero-order chi connectivity index (χ0) is 19.4. The Bertz CT molecular complexity index is 903. The van der Waals surface area contributed by atoms with Crippen molar-refractivity contribution in [2.45, 2.75) is 25.6 Å². The fraction of sp³-hybridized carbons (Fsp3) is 0.263. The van der Waals surface area contributed by atoms with Gasteiger partial charge in [0.15, 0.2) is 0 Å². The van der Waals surface area contributed by atoms with Crippen molar-refractivity contribution in [2.24, 2.45) is 0 Å². The molecule has 8 heteroatoms. The molecule has 0 aliphatic carbocycles. The van der Waals surface area contributed by atoms with Crippen molar-refractivity contribution < 1.29 is 18.0 Å². The smallest absolute Gasteiger partial charge is 0.356 e. The molecule has 0 radical (unpaired) electrons. The predicted octanol–water partition coefficient (Wildman–Crippen LogP) is 4.26. The van der Waals surface area contributed by atoms with E-state index in [2.05, 4.69) is 20.6 Å². The van der Waals surface area contributed by atoms with Crippen LogP contribution in [0.15, 0.2) is 48.5 Å². The molecular weight excluding hydrogens is 357 g/mol. The maximum Gasteiger partial charge on any atom is 0.416 e. The summed E-state index contributed by atoms with van der Waals surface area (Å²) in [4.78, 5) is 18.6. The van der Waals surface area contributed by atoms with Crippen molar-refractivity contribution in [3.63, 3.8) is 0 Å². The summed E-state index contributed by atoms with van der Waals surface area (Å²) in [6.45, 7) is 1.72. The molecule has 0 fully saturated rings. The third-order valence-electron chi connectivity index (χ3n) is 4.12. The number of carbonyl (C=O) groups excluding carboxylic acids is 1. The number of imidazole rings is 1. The first-order valence-electron chi connectivity index (χ1n) is 8.46. The number of hydrogen-bond acceptors (Lipinski definition) is 3. The van der Waals surface area contributed by atoms with Crippen molar-refractivity contribution in [1.82, 2.24) is 15.3 Å². The second kappa shape index (κ2) is 7.69. The molecule has 1 aromatic heterocycles. The number of carbonyl (C=O) groups is 1. The highest BCUT2D eigenvalue weighted by atomic mass is 19.4. The molecule has 0 saturated heterocycles. The minimum Gasteiger partial charge on any atom is -0.356 e. The van der Waals surface area contributed by atoms with Crippen LogP contribution in [0.3, 0.4) is 0 Å². The number of anilines is 1. The minimum absolute atomic E-state index is 0.193.